The van der Waals surface area contributed by atoms with Gasteiger partial charge in [0.1, 0.15) is 0 Å². The number of carbonyl (C=O) groups is 1. The fourth-order valence-electron chi connectivity index (χ4n) is 2.51. The molecule has 1 aliphatic heterocycles. The predicted octanol–water partition coefficient (Wildman–Crippen LogP) is 3.13. The van der Waals surface area contributed by atoms with Gasteiger partial charge in [0.15, 0.2) is 5.78 Å². The Hall–Kier alpha value is -0.710. The predicted molar refractivity (Wildman–Crippen MR) is 79.5 cm³/mol. The van der Waals surface area contributed by atoms with E-state index in [0.29, 0.717) is 6.42 Å². The summed E-state index contributed by atoms with van der Waals surface area (Å²) in [6, 6.07) is 7.56. The Balaban J connectivity index is 1.84. The smallest absolute Gasteiger partial charge is 0.164 e. The van der Waals surface area contributed by atoms with Crippen molar-refractivity contribution in [3.05, 3.63) is 34.3 Å². The monoisotopic (exact) mass is 325 g/mol. The lowest BCUT2D eigenvalue weighted by Crippen LogP contribution is -2.46. The Morgan fingerprint density at radius 3 is 2.42 bits per heavy atom. The van der Waals surface area contributed by atoms with Crippen LogP contribution in [0.5, 0.6) is 0 Å². The number of nitrogens with zero attached hydrogens (tertiary/aromatic N) is 1. The number of ketones is 1. The minimum atomic E-state index is 0.208. The zero-order chi connectivity index (χ0) is 13.8. The van der Waals surface area contributed by atoms with Crippen LogP contribution in [-0.2, 0) is 4.74 Å². The first kappa shape index (κ1) is 14.7. The van der Waals surface area contributed by atoms with Crippen LogP contribution in [-0.4, -0.2) is 42.5 Å². The zero-order valence-electron chi connectivity index (χ0n) is 11.4. The van der Waals surface area contributed by atoms with E-state index in [9.17, 15) is 4.79 Å². The van der Waals surface area contributed by atoms with Gasteiger partial charge in [-0.2, -0.15) is 0 Å². The third-order valence-electron chi connectivity index (χ3n) is 3.32. The van der Waals surface area contributed by atoms with Gasteiger partial charge in [-0.25, -0.2) is 0 Å². The molecule has 0 saturated carbocycles. The molecular weight excluding hydrogens is 306 g/mol. The molecule has 19 heavy (non-hydrogen) atoms. The Morgan fingerprint density at radius 1 is 1.26 bits per heavy atom. The molecule has 1 heterocycles. The molecule has 0 aromatic heterocycles. The van der Waals surface area contributed by atoms with E-state index < -0.39 is 0 Å². The highest BCUT2D eigenvalue weighted by Gasteiger charge is 2.22. The fraction of sp³-hybridized carbons (Fsp3) is 0.533. The third kappa shape index (κ3) is 4.41. The molecule has 0 aliphatic carbocycles. The maximum Gasteiger partial charge on any atom is 0.164 e. The first-order chi connectivity index (χ1) is 9.04. The van der Waals surface area contributed by atoms with Crippen molar-refractivity contribution in [2.45, 2.75) is 32.5 Å². The van der Waals surface area contributed by atoms with Gasteiger partial charge in [-0.3, -0.25) is 9.69 Å². The second-order valence-corrected chi connectivity index (χ2v) is 6.11. The van der Waals surface area contributed by atoms with Crippen molar-refractivity contribution in [3.63, 3.8) is 0 Å². The van der Waals surface area contributed by atoms with Crippen LogP contribution in [0.4, 0.5) is 0 Å². The van der Waals surface area contributed by atoms with Crippen LogP contribution in [0.3, 0.4) is 0 Å². The fourth-order valence-corrected chi connectivity index (χ4v) is 2.77. The molecule has 2 atom stereocenters. The maximum absolute atomic E-state index is 12.1. The average Bonchev–Trinajstić information content (AvgIpc) is 2.36. The van der Waals surface area contributed by atoms with Gasteiger partial charge in [-0.05, 0) is 26.0 Å². The molecule has 0 spiro atoms. The van der Waals surface area contributed by atoms with E-state index >= 15 is 0 Å². The minimum absolute atomic E-state index is 0.208. The van der Waals surface area contributed by atoms with Crippen LogP contribution < -0.4 is 0 Å². The van der Waals surface area contributed by atoms with Crippen LogP contribution in [0.15, 0.2) is 28.7 Å². The van der Waals surface area contributed by atoms with E-state index in [1.54, 1.807) is 0 Å². The van der Waals surface area contributed by atoms with E-state index in [1.807, 2.05) is 24.3 Å². The molecule has 1 aliphatic rings. The van der Waals surface area contributed by atoms with E-state index in [-0.39, 0.29) is 18.0 Å². The largest absolute Gasteiger partial charge is 0.373 e. The highest BCUT2D eigenvalue weighted by atomic mass is 79.9. The molecular formula is C15H20BrNO2. The van der Waals surface area contributed by atoms with Crippen molar-refractivity contribution < 1.29 is 9.53 Å². The summed E-state index contributed by atoms with van der Waals surface area (Å²) in [7, 11) is 0. The van der Waals surface area contributed by atoms with Gasteiger partial charge in [0.2, 0.25) is 0 Å². The lowest BCUT2D eigenvalue weighted by molar-refractivity contribution is -0.0675. The van der Waals surface area contributed by atoms with Crippen LogP contribution in [0.2, 0.25) is 0 Å². The van der Waals surface area contributed by atoms with Gasteiger partial charge in [0.05, 0.1) is 12.2 Å². The Labute approximate surface area is 123 Å². The van der Waals surface area contributed by atoms with Crippen LogP contribution in [0.1, 0.15) is 30.6 Å². The van der Waals surface area contributed by atoms with Gasteiger partial charge in [-0.15, -0.1) is 0 Å². The van der Waals surface area contributed by atoms with Crippen molar-refractivity contribution in [1.29, 1.82) is 0 Å². The molecule has 3 nitrogen and oxygen atoms in total. The molecule has 2 rings (SSSR count). The SMILES string of the molecule is C[C@@H]1CN(CCC(=O)c2ccc(Br)cc2)C[C@H](C)O1. The Bertz CT molecular complexity index is 422. The summed E-state index contributed by atoms with van der Waals surface area (Å²) in [5.41, 5.74) is 0.789. The Morgan fingerprint density at radius 2 is 1.84 bits per heavy atom. The standard InChI is InChI=1S/C15H20BrNO2/c1-11-9-17(10-12(2)19-11)8-7-15(18)13-3-5-14(16)6-4-13/h3-6,11-12H,7-10H2,1-2H3/t11-,12+. The first-order valence-corrected chi connectivity index (χ1v) is 7.50. The summed E-state index contributed by atoms with van der Waals surface area (Å²) in [6.45, 7) is 6.81. The van der Waals surface area contributed by atoms with Gasteiger partial charge >= 0.3 is 0 Å². The summed E-state index contributed by atoms with van der Waals surface area (Å²) in [5.74, 6) is 0.208. The van der Waals surface area contributed by atoms with Gasteiger partial charge < -0.3 is 4.74 Å². The minimum Gasteiger partial charge on any atom is -0.373 e. The number of carbonyl (C=O) groups excluding carboxylic acids is 1. The van der Waals surface area contributed by atoms with Crippen LogP contribution >= 0.6 is 15.9 Å². The Kier molecular flexibility index (Phi) is 5.13. The average molecular weight is 326 g/mol. The van der Waals surface area contributed by atoms with Crippen molar-refractivity contribution in [2.75, 3.05) is 19.6 Å². The van der Waals surface area contributed by atoms with Gasteiger partial charge in [0.25, 0.3) is 0 Å². The number of hydrogen-bond donors (Lipinski definition) is 0. The van der Waals surface area contributed by atoms with Gasteiger partial charge in [0, 0.05) is 36.1 Å². The summed E-state index contributed by atoms with van der Waals surface area (Å²) in [4.78, 5) is 14.4. The molecule has 4 heteroatoms. The number of ether oxygens (including phenoxy) is 1. The number of halogens is 1. The number of rotatable bonds is 4. The molecule has 0 bridgehead atoms. The normalized spacial score (nSPS) is 24.4. The second-order valence-electron chi connectivity index (χ2n) is 5.20. The van der Waals surface area contributed by atoms with Crippen LogP contribution in [0, 0.1) is 0 Å². The summed E-state index contributed by atoms with van der Waals surface area (Å²) in [5, 5.41) is 0. The summed E-state index contributed by atoms with van der Waals surface area (Å²) >= 11 is 3.38. The number of Topliss-reactive ketones (excluding diaryl/α,β-unsaturated/α-hetero) is 1. The highest BCUT2D eigenvalue weighted by molar-refractivity contribution is 9.10. The summed E-state index contributed by atoms with van der Waals surface area (Å²) < 4.78 is 6.69. The molecule has 0 amide bonds. The molecule has 0 N–H and O–H groups in total. The molecule has 0 radical (unpaired) electrons. The van der Waals surface area contributed by atoms with Crippen molar-refractivity contribution in [3.8, 4) is 0 Å². The zero-order valence-corrected chi connectivity index (χ0v) is 13.0. The number of benzene rings is 1. The number of hydrogen-bond acceptors (Lipinski definition) is 3. The summed E-state index contributed by atoms with van der Waals surface area (Å²) in [6.07, 6.45) is 1.08. The van der Waals surface area contributed by atoms with E-state index in [0.717, 1.165) is 29.7 Å². The maximum atomic E-state index is 12.1. The lowest BCUT2D eigenvalue weighted by atomic mass is 10.1. The molecule has 1 saturated heterocycles. The van der Waals surface area contributed by atoms with E-state index in [2.05, 4.69) is 34.7 Å². The molecule has 1 aromatic rings. The molecule has 0 unspecified atom stereocenters. The molecule has 104 valence electrons. The quantitative estimate of drug-likeness (QED) is 0.796. The second kappa shape index (κ2) is 6.64. The molecule has 1 fully saturated rings. The highest BCUT2D eigenvalue weighted by Crippen LogP contribution is 2.14. The van der Waals surface area contributed by atoms with Gasteiger partial charge in [-0.1, -0.05) is 28.1 Å². The van der Waals surface area contributed by atoms with E-state index in [4.69, 9.17) is 4.74 Å². The first-order valence-electron chi connectivity index (χ1n) is 6.71. The van der Waals surface area contributed by atoms with E-state index in [1.165, 1.54) is 0 Å². The topological polar surface area (TPSA) is 29.5 Å². The van der Waals surface area contributed by atoms with Crippen molar-refractivity contribution >= 4 is 21.7 Å². The lowest BCUT2D eigenvalue weighted by Gasteiger charge is -2.35. The van der Waals surface area contributed by atoms with Crippen LogP contribution in [0.25, 0.3) is 0 Å². The van der Waals surface area contributed by atoms with Crippen molar-refractivity contribution in [1.82, 2.24) is 4.90 Å². The third-order valence-corrected chi connectivity index (χ3v) is 3.85. The molecule has 1 aromatic carbocycles. The van der Waals surface area contributed by atoms with Crippen molar-refractivity contribution in [2.24, 2.45) is 0 Å². The number of morpholine rings is 1.